The summed E-state index contributed by atoms with van der Waals surface area (Å²) in [6, 6.07) is 0.665. The molecule has 18 heavy (non-hydrogen) atoms. The van der Waals surface area contributed by atoms with Gasteiger partial charge < -0.3 is 15.5 Å². The molecule has 0 bridgehead atoms. The van der Waals surface area contributed by atoms with E-state index in [0.29, 0.717) is 18.4 Å². The van der Waals surface area contributed by atoms with E-state index in [0.717, 1.165) is 25.9 Å². The molecule has 0 aromatic carbocycles. The van der Waals surface area contributed by atoms with Crippen LogP contribution in [0.5, 0.6) is 0 Å². The molecule has 106 valence electrons. The number of hydrogen-bond acceptors (Lipinski definition) is 3. The summed E-state index contributed by atoms with van der Waals surface area (Å²) in [5.41, 5.74) is 0. The summed E-state index contributed by atoms with van der Waals surface area (Å²) in [7, 11) is 4.11. The molecule has 1 rings (SSSR count). The SMILES string of the molecule is CC(C)CC(CN(C)C)NC(=O)CC1CCCN1. The Kier molecular flexibility index (Phi) is 6.65. The summed E-state index contributed by atoms with van der Waals surface area (Å²) < 4.78 is 0. The lowest BCUT2D eigenvalue weighted by molar-refractivity contribution is -0.122. The highest BCUT2D eigenvalue weighted by molar-refractivity contribution is 5.77. The maximum atomic E-state index is 12.0. The highest BCUT2D eigenvalue weighted by atomic mass is 16.1. The summed E-state index contributed by atoms with van der Waals surface area (Å²) in [5.74, 6) is 0.807. The van der Waals surface area contributed by atoms with Gasteiger partial charge in [-0.3, -0.25) is 4.79 Å². The fraction of sp³-hybridized carbons (Fsp3) is 0.929. The highest BCUT2D eigenvalue weighted by Crippen LogP contribution is 2.10. The predicted octanol–water partition coefficient (Wildman–Crippen LogP) is 1.22. The molecule has 1 heterocycles. The van der Waals surface area contributed by atoms with E-state index in [-0.39, 0.29) is 11.9 Å². The molecule has 1 saturated heterocycles. The van der Waals surface area contributed by atoms with Gasteiger partial charge in [-0.2, -0.15) is 0 Å². The van der Waals surface area contributed by atoms with Gasteiger partial charge in [0.2, 0.25) is 5.91 Å². The smallest absolute Gasteiger partial charge is 0.221 e. The van der Waals surface area contributed by atoms with Crippen LogP contribution in [0.4, 0.5) is 0 Å². The fourth-order valence-electron chi connectivity index (χ4n) is 2.63. The van der Waals surface area contributed by atoms with E-state index in [4.69, 9.17) is 0 Å². The van der Waals surface area contributed by atoms with Crippen LogP contribution in [0, 0.1) is 5.92 Å². The minimum absolute atomic E-state index is 0.196. The normalized spacial score (nSPS) is 21.6. The molecule has 2 atom stereocenters. The van der Waals surface area contributed by atoms with Crippen molar-refractivity contribution in [2.75, 3.05) is 27.2 Å². The van der Waals surface area contributed by atoms with Crippen LogP contribution in [0.2, 0.25) is 0 Å². The molecular weight excluding hydrogens is 226 g/mol. The number of likely N-dealkylation sites (N-methyl/N-ethyl adjacent to an activating group) is 1. The van der Waals surface area contributed by atoms with Crippen LogP contribution in [0.3, 0.4) is 0 Å². The summed E-state index contributed by atoms with van der Waals surface area (Å²) >= 11 is 0. The maximum absolute atomic E-state index is 12.0. The molecule has 1 aliphatic heterocycles. The number of carbonyl (C=O) groups excluding carboxylic acids is 1. The fourth-order valence-corrected chi connectivity index (χ4v) is 2.63. The van der Waals surface area contributed by atoms with Crippen molar-refractivity contribution in [3.63, 3.8) is 0 Å². The third-order valence-corrected chi connectivity index (χ3v) is 3.30. The van der Waals surface area contributed by atoms with Gasteiger partial charge in [0.25, 0.3) is 0 Å². The molecule has 0 radical (unpaired) electrons. The van der Waals surface area contributed by atoms with Crippen molar-refractivity contribution in [2.45, 2.75) is 51.6 Å². The van der Waals surface area contributed by atoms with Crippen LogP contribution in [0.15, 0.2) is 0 Å². The molecule has 1 aliphatic rings. The van der Waals surface area contributed by atoms with Gasteiger partial charge in [0.05, 0.1) is 0 Å². The molecule has 2 N–H and O–H groups in total. The Labute approximate surface area is 111 Å². The number of amides is 1. The van der Waals surface area contributed by atoms with Crippen molar-refractivity contribution in [1.82, 2.24) is 15.5 Å². The van der Waals surface area contributed by atoms with E-state index in [9.17, 15) is 4.79 Å². The largest absolute Gasteiger partial charge is 0.352 e. The molecule has 0 spiro atoms. The van der Waals surface area contributed by atoms with Crippen LogP contribution in [-0.2, 0) is 4.79 Å². The molecule has 0 aliphatic carbocycles. The van der Waals surface area contributed by atoms with E-state index in [1.54, 1.807) is 0 Å². The Bertz CT molecular complexity index is 237. The Morgan fingerprint density at radius 1 is 1.44 bits per heavy atom. The number of nitrogens with one attached hydrogen (secondary N) is 2. The van der Waals surface area contributed by atoms with E-state index in [1.165, 1.54) is 6.42 Å². The first-order valence-corrected chi connectivity index (χ1v) is 7.15. The lowest BCUT2D eigenvalue weighted by atomic mass is 10.0. The van der Waals surface area contributed by atoms with E-state index >= 15 is 0 Å². The molecule has 2 unspecified atom stereocenters. The molecule has 0 saturated carbocycles. The first-order chi connectivity index (χ1) is 8.47. The Morgan fingerprint density at radius 3 is 2.67 bits per heavy atom. The number of rotatable bonds is 7. The number of carbonyl (C=O) groups is 1. The Hall–Kier alpha value is -0.610. The second-order valence-electron chi connectivity index (χ2n) is 6.15. The van der Waals surface area contributed by atoms with Crippen molar-refractivity contribution in [3.05, 3.63) is 0 Å². The quantitative estimate of drug-likeness (QED) is 0.719. The van der Waals surface area contributed by atoms with Gasteiger partial charge in [0, 0.05) is 25.0 Å². The van der Waals surface area contributed by atoms with Gasteiger partial charge >= 0.3 is 0 Å². The van der Waals surface area contributed by atoms with Crippen molar-refractivity contribution in [1.29, 1.82) is 0 Å². The first-order valence-electron chi connectivity index (χ1n) is 7.15. The van der Waals surface area contributed by atoms with Crippen molar-refractivity contribution >= 4 is 5.91 Å². The third-order valence-electron chi connectivity index (χ3n) is 3.30. The third kappa shape index (κ3) is 6.36. The van der Waals surface area contributed by atoms with Gasteiger partial charge in [-0.25, -0.2) is 0 Å². The Balaban J connectivity index is 2.35. The summed E-state index contributed by atoms with van der Waals surface area (Å²) in [4.78, 5) is 14.1. The highest BCUT2D eigenvalue weighted by Gasteiger charge is 2.20. The zero-order valence-corrected chi connectivity index (χ0v) is 12.3. The van der Waals surface area contributed by atoms with Gasteiger partial charge in [-0.1, -0.05) is 13.8 Å². The standard InChI is InChI=1S/C14H29N3O/c1-11(2)8-13(10-17(3)4)16-14(18)9-12-6-5-7-15-12/h11-13,15H,5-10H2,1-4H3,(H,16,18). The van der Waals surface area contributed by atoms with E-state index in [1.807, 2.05) is 0 Å². The van der Waals surface area contributed by atoms with Crippen LogP contribution >= 0.6 is 0 Å². The molecule has 0 aromatic heterocycles. The van der Waals surface area contributed by atoms with Gasteiger partial charge in [-0.15, -0.1) is 0 Å². The summed E-state index contributed by atoms with van der Waals surface area (Å²) in [6.07, 6.45) is 4.01. The van der Waals surface area contributed by atoms with E-state index in [2.05, 4.69) is 43.5 Å². The van der Waals surface area contributed by atoms with Gasteiger partial charge in [0.1, 0.15) is 0 Å². The average molecular weight is 255 g/mol. The molecule has 4 heteroatoms. The zero-order chi connectivity index (χ0) is 13.5. The second kappa shape index (κ2) is 7.74. The topological polar surface area (TPSA) is 44.4 Å². The van der Waals surface area contributed by atoms with Crippen molar-refractivity contribution < 1.29 is 4.79 Å². The average Bonchev–Trinajstić information content (AvgIpc) is 2.67. The summed E-state index contributed by atoms with van der Waals surface area (Å²) in [6.45, 7) is 6.38. The van der Waals surface area contributed by atoms with Gasteiger partial charge in [-0.05, 0) is 45.8 Å². The monoisotopic (exact) mass is 255 g/mol. The number of nitrogens with zero attached hydrogens (tertiary/aromatic N) is 1. The minimum Gasteiger partial charge on any atom is -0.352 e. The molecule has 1 amide bonds. The lowest BCUT2D eigenvalue weighted by Gasteiger charge is -2.24. The number of hydrogen-bond donors (Lipinski definition) is 2. The van der Waals surface area contributed by atoms with Crippen LogP contribution in [0.1, 0.15) is 39.5 Å². The molecule has 0 aromatic rings. The molecule has 1 fully saturated rings. The van der Waals surface area contributed by atoms with Crippen LogP contribution in [0.25, 0.3) is 0 Å². The Morgan fingerprint density at radius 2 is 2.17 bits per heavy atom. The minimum atomic E-state index is 0.196. The molecular formula is C14H29N3O. The zero-order valence-electron chi connectivity index (χ0n) is 12.3. The first kappa shape index (κ1) is 15.4. The molecule has 4 nitrogen and oxygen atoms in total. The van der Waals surface area contributed by atoms with Crippen LogP contribution in [-0.4, -0.2) is 50.1 Å². The lowest BCUT2D eigenvalue weighted by Crippen LogP contribution is -2.44. The summed E-state index contributed by atoms with van der Waals surface area (Å²) in [5, 5.41) is 6.56. The van der Waals surface area contributed by atoms with E-state index < -0.39 is 0 Å². The van der Waals surface area contributed by atoms with Crippen LogP contribution < -0.4 is 10.6 Å². The van der Waals surface area contributed by atoms with Gasteiger partial charge in [0.15, 0.2) is 0 Å². The van der Waals surface area contributed by atoms with Crippen molar-refractivity contribution in [2.24, 2.45) is 5.92 Å². The second-order valence-corrected chi connectivity index (χ2v) is 6.15. The van der Waals surface area contributed by atoms with Crippen molar-refractivity contribution in [3.8, 4) is 0 Å². The predicted molar refractivity (Wildman–Crippen MR) is 75.6 cm³/mol. The maximum Gasteiger partial charge on any atom is 0.221 e.